The maximum absolute atomic E-state index is 6.09. The largest absolute Gasteiger partial charge is 0.497 e. The summed E-state index contributed by atoms with van der Waals surface area (Å²) < 4.78 is 5.19. The summed E-state index contributed by atoms with van der Waals surface area (Å²) >= 11 is 0. The van der Waals surface area contributed by atoms with Gasteiger partial charge in [0, 0.05) is 18.3 Å². The van der Waals surface area contributed by atoms with Crippen LogP contribution in [0.4, 0.5) is 17.2 Å². The highest BCUT2D eigenvalue weighted by Crippen LogP contribution is 2.37. The third-order valence-corrected chi connectivity index (χ3v) is 3.61. The number of hydrogen-bond donors (Lipinski definition) is 2. The average molecular weight is 294 g/mol. The normalized spacial score (nSPS) is 10.5. The lowest BCUT2D eigenvalue weighted by Gasteiger charge is -2.20. The van der Waals surface area contributed by atoms with Gasteiger partial charge in [0.05, 0.1) is 7.11 Å². The molecule has 0 atom stereocenters. The monoisotopic (exact) mass is 294 g/mol. The maximum atomic E-state index is 6.09. The van der Waals surface area contributed by atoms with E-state index in [9.17, 15) is 0 Å². The molecule has 1 aromatic heterocycles. The van der Waals surface area contributed by atoms with Gasteiger partial charge in [-0.2, -0.15) is 5.10 Å². The van der Waals surface area contributed by atoms with Crippen LogP contribution in [-0.2, 0) is 0 Å². The van der Waals surface area contributed by atoms with Gasteiger partial charge >= 0.3 is 0 Å². The number of nitrogens with zero attached hydrogens (tertiary/aromatic N) is 2. The first-order valence-electron chi connectivity index (χ1n) is 6.97. The van der Waals surface area contributed by atoms with Gasteiger partial charge in [-0.05, 0) is 36.4 Å². The number of para-hydroxylation sites is 1. The summed E-state index contributed by atoms with van der Waals surface area (Å²) in [6, 6.07) is 17.8. The van der Waals surface area contributed by atoms with Crippen LogP contribution in [0.3, 0.4) is 0 Å². The molecule has 3 aromatic rings. The summed E-state index contributed by atoms with van der Waals surface area (Å²) in [7, 11) is 3.62. The van der Waals surface area contributed by atoms with Gasteiger partial charge in [-0.15, -0.1) is 0 Å². The van der Waals surface area contributed by atoms with E-state index in [1.165, 1.54) is 0 Å². The van der Waals surface area contributed by atoms with Crippen molar-refractivity contribution < 1.29 is 4.74 Å². The molecule has 0 unspecified atom stereocenters. The van der Waals surface area contributed by atoms with Gasteiger partial charge in [0.2, 0.25) is 0 Å². The minimum Gasteiger partial charge on any atom is -0.497 e. The molecule has 0 saturated carbocycles. The quantitative estimate of drug-likeness (QED) is 0.773. The fraction of sp³-hybridized carbons (Fsp3) is 0.118. The Labute approximate surface area is 129 Å². The Balaban J connectivity index is 2.03. The van der Waals surface area contributed by atoms with Crippen LogP contribution in [0.15, 0.2) is 54.6 Å². The second kappa shape index (κ2) is 5.81. The van der Waals surface area contributed by atoms with Crippen molar-refractivity contribution in [3.8, 4) is 17.0 Å². The zero-order valence-corrected chi connectivity index (χ0v) is 12.6. The van der Waals surface area contributed by atoms with Crippen LogP contribution in [0, 0.1) is 0 Å². The second-order valence-corrected chi connectivity index (χ2v) is 4.96. The first-order chi connectivity index (χ1) is 10.7. The molecular formula is C17H18N4O. The number of aromatic amines is 1. The smallest absolute Gasteiger partial charge is 0.143 e. The highest BCUT2D eigenvalue weighted by molar-refractivity contribution is 5.86. The maximum Gasteiger partial charge on any atom is 0.143 e. The predicted molar refractivity (Wildman–Crippen MR) is 89.5 cm³/mol. The fourth-order valence-electron chi connectivity index (χ4n) is 2.42. The molecule has 0 radical (unpaired) electrons. The highest BCUT2D eigenvalue weighted by Gasteiger charge is 2.18. The third-order valence-electron chi connectivity index (χ3n) is 3.61. The van der Waals surface area contributed by atoms with Crippen molar-refractivity contribution in [1.82, 2.24) is 10.2 Å². The second-order valence-electron chi connectivity index (χ2n) is 4.96. The van der Waals surface area contributed by atoms with Crippen molar-refractivity contribution >= 4 is 17.2 Å². The van der Waals surface area contributed by atoms with Gasteiger partial charge < -0.3 is 15.4 Å². The van der Waals surface area contributed by atoms with Crippen LogP contribution in [0.25, 0.3) is 11.3 Å². The molecule has 112 valence electrons. The Morgan fingerprint density at radius 1 is 1.05 bits per heavy atom. The first kappa shape index (κ1) is 14.0. The number of benzene rings is 2. The van der Waals surface area contributed by atoms with Gasteiger partial charge in [-0.3, -0.25) is 5.10 Å². The minimum atomic E-state index is 0.539. The summed E-state index contributed by atoms with van der Waals surface area (Å²) in [5.41, 5.74) is 9.78. The van der Waals surface area contributed by atoms with Crippen molar-refractivity contribution in [3.05, 3.63) is 54.6 Å². The van der Waals surface area contributed by atoms with Gasteiger partial charge in [0.15, 0.2) is 0 Å². The molecule has 0 aliphatic rings. The van der Waals surface area contributed by atoms with Crippen LogP contribution in [0.5, 0.6) is 5.75 Å². The summed E-state index contributed by atoms with van der Waals surface area (Å²) in [6.07, 6.45) is 0. The number of ether oxygens (including phenoxy) is 1. The summed E-state index contributed by atoms with van der Waals surface area (Å²) in [5.74, 6) is 1.35. The predicted octanol–water partition coefficient (Wildman–Crippen LogP) is 3.44. The molecule has 0 spiro atoms. The van der Waals surface area contributed by atoms with Gasteiger partial charge in [0.25, 0.3) is 0 Å². The Morgan fingerprint density at radius 2 is 1.73 bits per heavy atom. The lowest BCUT2D eigenvalue weighted by atomic mass is 10.1. The molecule has 0 bridgehead atoms. The van der Waals surface area contributed by atoms with Gasteiger partial charge in [-0.1, -0.05) is 18.2 Å². The molecule has 0 saturated heterocycles. The lowest BCUT2D eigenvalue weighted by molar-refractivity contribution is 0.415. The molecule has 3 N–H and O–H groups in total. The van der Waals surface area contributed by atoms with Crippen LogP contribution in [0.1, 0.15) is 0 Å². The van der Waals surface area contributed by atoms with Crippen molar-refractivity contribution in [2.24, 2.45) is 0 Å². The summed E-state index contributed by atoms with van der Waals surface area (Å²) in [6.45, 7) is 0. The van der Waals surface area contributed by atoms with E-state index in [1.54, 1.807) is 7.11 Å². The van der Waals surface area contributed by atoms with E-state index >= 15 is 0 Å². The van der Waals surface area contributed by atoms with Crippen molar-refractivity contribution in [2.75, 3.05) is 24.8 Å². The Kier molecular flexibility index (Phi) is 3.70. The zero-order valence-electron chi connectivity index (χ0n) is 12.6. The van der Waals surface area contributed by atoms with Gasteiger partial charge in [0.1, 0.15) is 22.9 Å². The number of nitrogens with one attached hydrogen (secondary N) is 1. The topological polar surface area (TPSA) is 67.2 Å². The van der Waals surface area contributed by atoms with Crippen LogP contribution in [-0.4, -0.2) is 24.4 Å². The number of rotatable bonds is 4. The summed E-state index contributed by atoms with van der Waals surface area (Å²) in [5, 5.41) is 7.23. The zero-order chi connectivity index (χ0) is 15.5. The third kappa shape index (κ3) is 2.48. The number of hydrogen-bond acceptors (Lipinski definition) is 4. The molecule has 2 aromatic carbocycles. The van der Waals surface area contributed by atoms with Crippen LogP contribution in [0.2, 0.25) is 0 Å². The Morgan fingerprint density at radius 3 is 2.36 bits per heavy atom. The number of H-pyrrole nitrogens is 1. The van der Waals surface area contributed by atoms with Crippen molar-refractivity contribution in [2.45, 2.75) is 0 Å². The molecule has 5 heteroatoms. The molecule has 0 aliphatic carbocycles. The van der Waals surface area contributed by atoms with E-state index in [4.69, 9.17) is 10.5 Å². The van der Waals surface area contributed by atoms with E-state index in [1.807, 2.05) is 66.5 Å². The fourth-order valence-corrected chi connectivity index (χ4v) is 2.42. The van der Waals surface area contributed by atoms with E-state index in [-0.39, 0.29) is 0 Å². The molecule has 1 heterocycles. The number of nitrogen functional groups attached to an aromatic ring is 1. The lowest BCUT2D eigenvalue weighted by Crippen LogP contribution is -2.11. The van der Waals surface area contributed by atoms with E-state index < -0.39 is 0 Å². The van der Waals surface area contributed by atoms with Crippen molar-refractivity contribution in [3.63, 3.8) is 0 Å². The number of anilines is 3. The molecule has 0 amide bonds. The molecule has 0 fully saturated rings. The average Bonchev–Trinajstić information content (AvgIpc) is 2.96. The van der Waals surface area contributed by atoms with Crippen molar-refractivity contribution in [1.29, 1.82) is 0 Å². The molecule has 0 aliphatic heterocycles. The molecule has 3 rings (SSSR count). The van der Waals surface area contributed by atoms with Gasteiger partial charge in [-0.25, -0.2) is 0 Å². The number of methoxy groups -OCH3 is 1. The molecular weight excluding hydrogens is 276 g/mol. The van der Waals surface area contributed by atoms with Crippen LogP contribution >= 0.6 is 0 Å². The highest BCUT2D eigenvalue weighted by atomic mass is 16.5. The molecule has 22 heavy (non-hydrogen) atoms. The SMILES string of the molecule is COc1ccc(-c2n[nH]c(N)c2N(C)c2ccccc2)cc1. The number of aromatic nitrogens is 2. The first-order valence-corrected chi connectivity index (χ1v) is 6.97. The Bertz CT molecular complexity index is 750. The minimum absolute atomic E-state index is 0.539. The Hall–Kier alpha value is -2.95. The van der Waals surface area contributed by atoms with E-state index in [2.05, 4.69) is 10.2 Å². The van der Waals surface area contributed by atoms with E-state index in [0.29, 0.717) is 5.82 Å². The van der Waals surface area contributed by atoms with Crippen LogP contribution < -0.4 is 15.4 Å². The standard InChI is InChI=1S/C17H18N4O/c1-21(13-6-4-3-5-7-13)16-15(19-20-17(16)18)12-8-10-14(22-2)11-9-12/h3-11H,1-2H3,(H3,18,19,20). The molecule has 5 nitrogen and oxygen atoms in total. The number of nitrogens with two attached hydrogens (primary N) is 1. The summed E-state index contributed by atoms with van der Waals surface area (Å²) in [4.78, 5) is 2.03. The van der Waals surface area contributed by atoms with E-state index in [0.717, 1.165) is 28.4 Å².